The molecule has 4 atom stereocenters. The Balaban J connectivity index is 1.16. The zero-order chi connectivity index (χ0) is 31.6. The molecule has 4 heterocycles. The number of aliphatic hydroxyl groups is 1. The zero-order valence-corrected chi connectivity index (χ0v) is 24.8. The first-order valence-electron chi connectivity index (χ1n) is 15.4. The molecule has 4 saturated heterocycles. The van der Waals surface area contributed by atoms with Crippen molar-refractivity contribution < 1.29 is 46.8 Å². The fourth-order valence-corrected chi connectivity index (χ4v) is 6.62. The van der Waals surface area contributed by atoms with Crippen LogP contribution in [0.5, 0.6) is 0 Å². The first-order chi connectivity index (χ1) is 21.6. The van der Waals surface area contributed by atoms with Crippen LogP contribution < -0.4 is 5.32 Å². The highest BCUT2D eigenvalue weighted by atomic mass is 19.4. The first-order valence-corrected chi connectivity index (χ1v) is 15.4. The number of nitrogens with one attached hydrogen (secondary N) is 1. The van der Waals surface area contributed by atoms with Crippen LogP contribution in [0, 0.1) is 0 Å². The van der Waals surface area contributed by atoms with E-state index in [2.05, 4.69) is 10.2 Å². The van der Waals surface area contributed by atoms with Gasteiger partial charge in [0.1, 0.15) is 6.04 Å². The number of hydrogen-bond acceptors (Lipinski definition) is 8. The van der Waals surface area contributed by atoms with Crippen molar-refractivity contribution in [2.75, 3.05) is 44.7 Å². The van der Waals surface area contributed by atoms with Crippen LogP contribution in [0.3, 0.4) is 0 Å². The van der Waals surface area contributed by atoms with Crippen LogP contribution in [0.15, 0.2) is 48.5 Å². The summed E-state index contributed by atoms with van der Waals surface area (Å²) in [4.78, 5) is 27.8. The third-order valence-corrected chi connectivity index (χ3v) is 8.99. The van der Waals surface area contributed by atoms with Gasteiger partial charge >= 0.3 is 12.1 Å². The molecule has 4 aliphatic heterocycles. The molecule has 0 bridgehead atoms. The molecule has 2 N–H and O–H groups in total. The highest BCUT2D eigenvalue weighted by molar-refractivity contribution is 5.98. The zero-order valence-electron chi connectivity index (χ0n) is 24.8. The third-order valence-electron chi connectivity index (χ3n) is 8.99. The van der Waals surface area contributed by atoms with Gasteiger partial charge in [-0.3, -0.25) is 9.59 Å². The van der Waals surface area contributed by atoms with Crippen molar-refractivity contribution in [2.24, 2.45) is 0 Å². The number of benzene rings is 2. The molecule has 0 saturated carbocycles. The lowest BCUT2D eigenvalue weighted by molar-refractivity contribution is -0.255. The van der Waals surface area contributed by atoms with E-state index in [1.807, 2.05) is 30.3 Å². The Morgan fingerprint density at radius 1 is 0.978 bits per heavy atom. The first kappa shape index (κ1) is 31.9. The molecule has 10 nitrogen and oxygen atoms in total. The Morgan fingerprint density at radius 2 is 1.71 bits per heavy atom. The van der Waals surface area contributed by atoms with Crippen molar-refractivity contribution in [1.82, 2.24) is 9.80 Å². The number of carbonyl (C=O) groups excluding carboxylic acids is 2. The standard InChI is InChI=1S/C32H38F3N3O7/c33-32(34,35)30(41)38-12-2-5-26(38)28(40)36-24-4-1-3-23(17-24)29-44-25(18-27(45-29)22-8-6-21(20-39)7-9-22)19-37-13-10-31(11-14-37)42-15-16-43-31/h1,3-4,6-9,17,25-27,29,39H,2,5,10-16,18-20H2,(H,36,40)/t25-,26-,27+,29+/m0/s1. The summed E-state index contributed by atoms with van der Waals surface area (Å²) in [5.74, 6) is -3.16. The number of anilines is 1. The number of piperidine rings is 1. The van der Waals surface area contributed by atoms with E-state index in [-0.39, 0.29) is 31.8 Å². The van der Waals surface area contributed by atoms with Gasteiger partial charge in [0.2, 0.25) is 5.91 Å². The van der Waals surface area contributed by atoms with Crippen molar-refractivity contribution in [3.05, 3.63) is 65.2 Å². The van der Waals surface area contributed by atoms with Crippen LogP contribution in [-0.2, 0) is 35.1 Å². The van der Waals surface area contributed by atoms with Crippen molar-refractivity contribution in [3.8, 4) is 0 Å². The van der Waals surface area contributed by atoms with Crippen LogP contribution in [-0.4, -0.2) is 90.2 Å². The van der Waals surface area contributed by atoms with Gasteiger partial charge in [-0.1, -0.05) is 36.4 Å². The van der Waals surface area contributed by atoms with Crippen molar-refractivity contribution in [2.45, 2.75) is 75.2 Å². The summed E-state index contributed by atoms with van der Waals surface area (Å²) in [5, 5.41) is 12.2. The molecule has 4 aliphatic rings. The molecule has 0 aliphatic carbocycles. The van der Waals surface area contributed by atoms with Crippen LogP contribution in [0.2, 0.25) is 0 Å². The summed E-state index contributed by atoms with van der Waals surface area (Å²) < 4.78 is 63.9. The summed E-state index contributed by atoms with van der Waals surface area (Å²) in [6.45, 7) is 3.32. The number of alkyl halides is 3. The van der Waals surface area contributed by atoms with E-state index in [0.717, 1.165) is 37.1 Å². The molecule has 0 aromatic heterocycles. The van der Waals surface area contributed by atoms with Crippen molar-refractivity contribution >= 4 is 17.5 Å². The fourth-order valence-electron chi connectivity index (χ4n) is 6.62. The number of amides is 2. The predicted octanol–water partition coefficient (Wildman–Crippen LogP) is 4.06. The second-order valence-electron chi connectivity index (χ2n) is 12.0. The van der Waals surface area contributed by atoms with E-state index in [9.17, 15) is 27.9 Å². The Kier molecular flexibility index (Phi) is 9.46. The number of nitrogens with zero attached hydrogens (tertiary/aromatic N) is 2. The van der Waals surface area contributed by atoms with Crippen LogP contribution in [0.1, 0.15) is 61.2 Å². The number of carbonyl (C=O) groups is 2. The number of hydrogen-bond donors (Lipinski definition) is 2. The molecule has 2 aromatic rings. The van der Waals surface area contributed by atoms with Crippen LogP contribution >= 0.6 is 0 Å². The molecular weight excluding hydrogens is 595 g/mol. The average Bonchev–Trinajstić information content (AvgIpc) is 3.72. The summed E-state index contributed by atoms with van der Waals surface area (Å²) in [7, 11) is 0. The topological polar surface area (TPSA) is 110 Å². The van der Waals surface area contributed by atoms with Crippen LogP contribution in [0.25, 0.3) is 0 Å². The van der Waals surface area contributed by atoms with E-state index in [1.54, 1.807) is 18.2 Å². The summed E-state index contributed by atoms with van der Waals surface area (Å²) in [5.41, 5.74) is 2.73. The van der Waals surface area contributed by atoms with Crippen LogP contribution in [0.4, 0.5) is 18.9 Å². The van der Waals surface area contributed by atoms with Gasteiger partial charge in [0, 0.05) is 56.7 Å². The highest BCUT2D eigenvalue weighted by Crippen LogP contribution is 2.40. The molecule has 4 fully saturated rings. The van der Waals surface area contributed by atoms with E-state index in [1.165, 1.54) is 0 Å². The van der Waals surface area contributed by atoms with Gasteiger partial charge < -0.3 is 39.2 Å². The molecule has 13 heteroatoms. The Morgan fingerprint density at radius 3 is 2.40 bits per heavy atom. The van der Waals surface area contributed by atoms with E-state index >= 15 is 0 Å². The van der Waals surface area contributed by atoms with Gasteiger partial charge in [-0.25, -0.2) is 0 Å². The molecule has 6 rings (SSSR count). The number of ether oxygens (including phenoxy) is 4. The molecule has 2 amide bonds. The second-order valence-corrected chi connectivity index (χ2v) is 12.0. The van der Waals surface area contributed by atoms with Gasteiger partial charge in [0.25, 0.3) is 0 Å². The predicted molar refractivity (Wildman–Crippen MR) is 155 cm³/mol. The minimum absolute atomic E-state index is 0.0639. The van der Waals surface area contributed by atoms with Gasteiger partial charge in [-0.15, -0.1) is 0 Å². The largest absolute Gasteiger partial charge is 0.471 e. The smallest absolute Gasteiger partial charge is 0.392 e. The normalized spacial score (nSPS) is 27.2. The molecule has 2 aromatic carbocycles. The lowest BCUT2D eigenvalue weighted by Gasteiger charge is -2.41. The van der Waals surface area contributed by atoms with E-state index in [4.69, 9.17) is 18.9 Å². The number of aliphatic hydroxyl groups excluding tert-OH is 1. The molecule has 0 unspecified atom stereocenters. The Hall–Kier alpha value is -3.07. The molecular formula is C32H38F3N3O7. The van der Waals surface area contributed by atoms with Crippen molar-refractivity contribution in [3.63, 3.8) is 0 Å². The second kappa shape index (κ2) is 13.3. The lowest BCUT2D eigenvalue weighted by atomic mass is 9.98. The number of rotatable bonds is 7. The maximum atomic E-state index is 13.1. The molecule has 45 heavy (non-hydrogen) atoms. The van der Waals surface area contributed by atoms with E-state index < -0.39 is 36.1 Å². The maximum absolute atomic E-state index is 13.1. The van der Waals surface area contributed by atoms with Gasteiger partial charge in [0.05, 0.1) is 32.0 Å². The van der Waals surface area contributed by atoms with E-state index in [0.29, 0.717) is 48.8 Å². The van der Waals surface area contributed by atoms with Gasteiger partial charge in [-0.05, 0) is 36.1 Å². The minimum Gasteiger partial charge on any atom is -0.392 e. The minimum atomic E-state index is -5.04. The molecule has 1 spiro atoms. The Bertz CT molecular complexity index is 1340. The summed E-state index contributed by atoms with van der Waals surface area (Å²) >= 11 is 0. The fraction of sp³-hybridized carbons (Fsp3) is 0.562. The summed E-state index contributed by atoms with van der Waals surface area (Å²) in [6, 6.07) is 13.2. The average molecular weight is 634 g/mol. The van der Waals surface area contributed by atoms with Gasteiger partial charge in [0.15, 0.2) is 12.1 Å². The van der Waals surface area contributed by atoms with Crippen molar-refractivity contribution in [1.29, 1.82) is 0 Å². The SMILES string of the molecule is O=C(Nc1cccc([C@@H]2O[C@H](CN3CCC4(CC3)OCCO4)C[C@H](c3ccc(CO)cc3)O2)c1)[C@@H]1CCCN1C(=O)C(F)(F)F. The van der Waals surface area contributed by atoms with Gasteiger partial charge in [-0.2, -0.15) is 13.2 Å². The summed E-state index contributed by atoms with van der Waals surface area (Å²) in [6.07, 6.45) is -3.71. The number of halogens is 3. The third kappa shape index (κ3) is 7.34. The molecule has 0 radical (unpaired) electrons. The molecule has 244 valence electrons. The monoisotopic (exact) mass is 633 g/mol. The number of likely N-dealkylation sites (tertiary alicyclic amines) is 2. The lowest BCUT2D eigenvalue weighted by Crippen LogP contribution is -2.48. The Labute approximate surface area is 259 Å². The quantitative estimate of drug-likeness (QED) is 0.470. The maximum Gasteiger partial charge on any atom is 0.471 e. The highest BCUT2D eigenvalue weighted by Gasteiger charge is 2.48.